The highest BCUT2D eigenvalue weighted by atomic mass is 15.1. The van der Waals surface area contributed by atoms with Crippen molar-refractivity contribution in [3.8, 4) is 0 Å². The van der Waals surface area contributed by atoms with E-state index >= 15 is 0 Å². The van der Waals surface area contributed by atoms with Gasteiger partial charge in [-0.25, -0.2) is 0 Å². The van der Waals surface area contributed by atoms with Gasteiger partial charge in [0.1, 0.15) is 0 Å². The van der Waals surface area contributed by atoms with Gasteiger partial charge < -0.3 is 9.88 Å². The Bertz CT molecular complexity index is 499. The first-order valence-electron chi connectivity index (χ1n) is 6.25. The van der Waals surface area contributed by atoms with E-state index in [0.717, 1.165) is 11.9 Å². The zero-order chi connectivity index (χ0) is 12.5. The predicted molar refractivity (Wildman–Crippen MR) is 65.2 cm³/mol. The van der Waals surface area contributed by atoms with Gasteiger partial charge >= 0.3 is 0 Å². The molecule has 0 fully saturated rings. The standard InChI is InChI=1S/C13H18N2/c1-3-15(2)9-8-11-10-14-13-7-5-4-6-12(11)13/h4-7,10,14H,3,8-9H2,1-2H3/i3D2. The third-order valence-electron chi connectivity index (χ3n) is 2.77. The van der Waals surface area contributed by atoms with Crippen LogP contribution in [0.25, 0.3) is 10.9 Å². The number of aromatic nitrogens is 1. The summed E-state index contributed by atoms with van der Waals surface area (Å²) in [5.74, 6) is 0. The molecule has 0 amide bonds. The van der Waals surface area contributed by atoms with Crippen LogP contribution < -0.4 is 0 Å². The zero-order valence-corrected chi connectivity index (χ0v) is 9.25. The summed E-state index contributed by atoms with van der Waals surface area (Å²) in [6.07, 6.45) is 2.87. The summed E-state index contributed by atoms with van der Waals surface area (Å²) in [5, 5.41) is 1.23. The fourth-order valence-electron chi connectivity index (χ4n) is 1.74. The highest BCUT2D eigenvalue weighted by Gasteiger charge is 2.03. The maximum absolute atomic E-state index is 7.61. The summed E-state index contributed by atoms with van der Waals surface area (Å²) in [4.78, 5) is 4.97. The van der Waals surface area contributed by atoms with Gasteiger partial charge in [0.15, 0.2) is 0 Å². The maximum Gasteiger partial charge on any atom is 0.0456 e. The van der Waals surface area contributed by atoms with Gasteiger partial charge in [0.25, 0.3) is 0 Å². The van der Waals surface area contributed by atoms with Crippen molar-refractivity contribution in [1.82, 2.24) is 9.88 Å². The van der Waals surface area contributed by atoms with Gasteiger partial charge in [-0.05, 0) is 31.6 Å². The van der Waals surface area contributed by atoms with Crippen LogP contribution in [-0.4, -0.2) is 30.0 Å². The fourth-order valence-corrected chi connectivity index (χ4v) is 1.74. The topological polar surface area (TPSA) is 19.0 Å². The first-order chi connectivity index (χ1) is 7.98. The smallest absolute Gasteiger partial charge is 0.0456 e. The van der Waals surface area contributed by atoms with Crippen molar-refractivity contribution in [3.63, 3.8) is 0 Å². The monoisotopic (exact) mass is 204 g/mol. The third kappa shape index (κ3) is 2.21. The van der Waals surface area contributed by atoms with Crippen LogP contribution in [-0.2, 0) is 6.42 Å². The molecule has 2 aromatic rings. The van der Waals surface area contributed by atoms with Gasteiger partial charge in [-0.2, -0.15) is 0 Å². The summed E-state index contributed by atoms with van der Waals surface area (Å²) in [6.45, 7) is 1.04. The Morgan fingerprint density at radius 1 is 1.40 bits per heavy atom. The SMILES string of the molecule is [2H]C([2H])(C)N(C)CCc1c[nH]c2ccccc12. The highest BCUT2D eigenvalue weighted by molar-refractivity contribution is 5.83. The van der Waals surface area contributed by atoms with Gasteiger partial charge in [0.2, 0.25) is 0 Å². The molecule has 2 nitrogen and oxygen atoms in total. The molecule has 0 saturated heterocycles. The normalized spacial score (nSPS) is 14.3. The molecule has 0 aliphatic rings. The molecule has 0 aliphatic heterocycles. The lowest BCUT2D eigenvalue weighted by atomic mass is 10.1. The average Bonchev–Trinajstić information content (AvgIpc) is 2.68. The lowest BCUT2D eigenvalue weighted by Crippen LogP contribution is -2.20. The summed E-state index contributed by atoms with van der Waals surface area (Å²) in [7, 11) is 1.81. The molecule has 0 bridgehead atoms. The average molecular weight is 204 g/mol. The van der Waals surface area contributed by atoms with Crippen LogP contribution in [0, 0.1) is 0 Å². The minimum Gasteiger partial charge on any atom is -0.361 e. The number of fused-ring (bicyclic) bond motifs is 1. The molecule has 0 radical (unpaired) electrons. The zero-order valence-electron chi connectivity index (χ0n) is 11.2. The van der Waals surface area contributed by atoms with Crippen LogP contribution in [0.1, 0.15) is 15.2 Å². The Morgan fingerprint density at radius 2 is 2.20 bits per heavy atom. The lowest BCUT2D eigenvalue weighted by molar-refractivity contribution is 0.358. The molecule has 0 aliphatic carbocycles. The molecule has 1 N–H and O–H groups in total. The number of nitrogens with zero attached hydrogens (tertiary/aromatic N) is 1. The van der Waals surface area contributed by atoms with Gasteiger partial charge in [-0.15, -0.1) is 0 Å². The highest BCUT2D eigenvalue weighted by Crippen LogP contribution is 2.17. The van der Waals surface area contributed by atoms with E-state index < -0.39 is 6.50 Å². The number of rotatable bonds is 4. The summed E-state index contributed by atoms with van der Waals surface area (Å²) >= 11 is 0. The number of H-pyrrole nitrogens is 1. The molecule has 0 unspecified atom stereocenters. The number of para-hydroxylation sites is 1. The molecular formula is C13H18N2. The minimum absolute atomic E-state index is 0.714. The molecule has 2 rings (SSSR count). The van der Waals surface area contributed by atoms with Crippen molar-refractivity contribution in [2.24, 2.45) is 0 Å². The van der Waals surface area contributed by atoms with E-state index in [1.165, 1.54) is 10.9 Å². The Balaban J connectivity index is 2.09. The fraction of sp³-hybridized carbons (Fsp3) is 0.385. The Hall–Kier alpha value is -1.28. The molecule has 0 atom stereocenters. The first kappa shape index (κ1) is 7.94. The molecule has 1 aromatic carbocycles. The van der Waals surface area contributed by atoms with E-state index in [2.05, 4.69) is 17.1 Å². The molecule has 80 valence electrons. The Labute approximate surface area is 93.7 Å². The van der Waals surface area contributed by atoms with Crippen molar-refractivity contribution in [2.75, 3.05) is 20.1 Å². The third-order valence-corrected chi connectivity index (χ3v) is 2.77. The predicted octanol–water partition coefficient (Wildman–Crippen LogP) is 2.66. The number of hydrogen-bond donors (Lipinski definition) is 1. The second kappa shape index (κ2) is 4.49. The van der Waals surface area contributed by atoms with E-state index in [0.29, 0.717) is 6.54 Å². The van der Waals surface area contributed by atoms with Crippen LogP contribution in [0.5, 0.6) is 0 Å². The van der Waals surface area contributed by atoms with E-state index in [-0.39, 0.29) is 0 Å². The molecule has 0 spiro atoms. The van der Waals surface area contributed by atoms with Crippen molar-refractivity contribution in [2.45, 2.75) is 13.3 Å². The molecule has 1 aromatic heterocycles. The van der Waals surface area contributed by atoms with Crippen molar-refractivity contribution in [3.05, 3.63) is 36.0 Å². The molecule has 15 heavy (non-hydrogen) atoms. The van der Waals surface area contributed by atoms with Crippen LogP contribution >= 0.6 is 0 Å². The largest absolute Gasteiger partial charge is 0.361 e. The second-order valence-corrected chi connectivity index (χ2v) is 3.75. The number of aromatic amines is 1. The second-order valence-electron chi connectivity index (χ2n) is 3.75. The van der Waals surface area contributed by atoms with Crippen LogP contribution in [0.15, 0.2) is 30.5 Å². The molecule has 0 saturated carbocycles. The number of likely N-dealkylation sites (N-methyl/N-ethyl adjacent to an activating group) is 1. The Morgan fingerprint density at radius 3 is 3.00 bits per heavy atom. The number of benzene rings is 1. The van der Waals surface area contributed by atoms with Gasteiger partial charge in [-0.1, -0.05) is 25.1 Å². The van der Waals surface area contributed by atoms with Gasteiger partial charge in [0.05, 0.1) is 0 Å². The van der Waals surface area contributed by atoms with E-state index in [4.69, 9.17) is 2.74 Å². The van der Waals surface area contributed by atoms with E-state index in [1.807, 2.05) is 25.4 Å². The lowest BCUT2D eigenvalue weighted by Gasteiger charge is -2.12. The molecule has 2 heteroatoms. The van der Waals surface area contributed by atoms with Crippen LogP contribution in [0.4, 0.5) is 0 Å². The van der Waals surface area contributed by atoms with Crippen molar-refractivity contribution in [1.29, 1.82) is 0 Å². The number of hydrogen-bond acceptors (Lipinski definition) is 1. The Kier molecular flexibility index (Phi) is 2.38. The first-order valence-corrected chi connectivity index (χ1v) is 5.25. The summed E-state index contributed by atoms with van der Waals surface area (Å²) in [6, 6.07) is 8.20. The van der Waals surface area contributed by atoms with Gasteiger partial charge in [-0.3, -0.25) is 0 Å². The van der Waals surface area contributed by atoms with Crippen LogP contribution in [0.3, 0.4) is 0 Å². The maximum atomic E-state index is 7.61. The van der Waals surface area contributed by atoms with Crippen molar-refractivity contribution < 1.29 is 2.74 Å². The van der Waals surface area contributed by atoms with Crippen molar-refractivity contribution >= 4 is 10.9 Å². The molecular weight excluding hydrogens is 184 g/mol. The molecule has 1 heterocycles. The van der Waals surface area contributed by atoms with Gasteiger partial charge in [0, 0.05) is 26.4 Å². The number of nitrogens with one attached hydrogen (secondary N) is 1. The van der Waals surface area contributed by atoms with E-state index in [9.17, 15) is 0 Å². The quantitative estimate of drug-likeness (QED) is 0.811. The minimum atomic E-state index is -1.26. The summed E-state index contributed by atoms with van der Waals surface area (Å²) < 4.78 is 15.2. The summed E-state index contributed by atoms with van der Waals surface area (Å²) in [5.41, 5.74) is 2.39. The van der Waals surface area contributed by atoms with Crippen LogP contribution in [0.2, 0.25) is 0 Å². The van der Waals surface area contributed by atoms with E-state index in [1.54, 1.807) is 11.8 Å².